The molecule has 128 valence electrons. The van der Waals surface area contributed by atoms with E-state index in [0.717, 1.165) is 11.1 Å². The topological polar surface area (TPSA) is 68.1 Å². The predicted octanol–water partition coefficient (Wildman–Crippen LogP) is 4.32. The Morgan fingerprint density at radius 2 is 1.68 bits per heavy atom. The van der Waals surface area contributed by atoms with Gasteiger partial charge in [-0.1, -0.05) is 29.3 Å². The van der Waals surface area contributed by atoms with Crippen LogP contribution in [0.15, 0.2) is 36.4 Å². The number of hydrogen-bond donors (Lipinski definition) is 1. The van der Waals surface area contributed by atoms with Crippen LogP contribution < -0.4 is 4.74 Å². The molecule has 1 N–H and O–H groups in total. The number of aromatic nitrogens is 3. The first-order valence-corrected chi connectivity index (χ1v) is 8.23. The van der Waals surface area contributed by atoms with Crippen LogP contribution in [0.25, 0.3) is 22.8 Å². The van der Waals surface area contributed by atoms with Crippen molar-refractivity contribution >= 4 is 23.2 Å². The van der Waals surface area contributed by atoms with E-state index in [0.29, 0.717) is 32.8 Å². The van der Waals surface area contributed by atoms with Crippen molar-refractivity contribution in [2.75, 3.05) is 7.11 Å². The van der Waals surface area contributed by atoms with E-state index >= 15 is 0 Å². The van der Waals surface area contributed by atoms with E-state index in [-0.39, 0.29) is 12.6 Å². The van der Waals surface area contributed by atoms with Crippen molar-refractivity contribution in [3.8, 4) is 28.8 Å². The fourth-order valence-corrected chi connectivity index (χ4v) is 2.64. The first-order valence-electron chi connectivity index (χ1n) is 7.48. The van der Waals surface area contributed by atoms with Gasteiger partial charge in [-0.05, 0) is 48.4 Å². The van der Waals surface area contributed by atoms with Crippen LogP contribution >= 0.6 is 23.2 Å². The normalized spacial score (nSPS) is 10.8. The lowest BCUT2D eigenvalue weighted by molar-refractivity contribution is 0.282. The predicted molar refractivity (Wildman–Crippen MR) is 97.9 cm³/mol. The van der Waals surface area contributed by atoms with E-state index in [1.807, 2.05) is 19.1 Å². The van der Waals surface area contributed by atoms with Gasteiger partial charge in [-0.3, -0.25) is 0 Å². The molecule has 7 heteroatoms. The van der Waals surface area contributed by atoms with Gasteiger partial charge in [-0.2, -0.15) is 9.97 Å². The zero-order chi connectivity index (χ0) is 18.0. The number of methoxy groups -OCH3 is 1. The molecule has 1 heterocycles. The summed E-state index contributed by atoms with van der Waals surface area (Å²) in [6.45, 7) is 1.81. The SMILES string of the molecule is COc1nc(-c2ccc(Cl)c(C)c2)nc(-c2cc(CO)ccc2Cl)n1. The average molecular weight is 376 g/mol. The quantitative estimate of drug-likeness (QED) is 0.735. The molecule has 0 spiro atoms. The number of aliphatic hydroxyl groups excluding tert-OH is 1. The summed E-state index contributed by atoms with van der Waals surface area (Å²) < 4.78 is 5.21. The Morgan fingerprint density at radius 3 is 2.36 bits per heavy atom. The van der Waals surface area contributed by atoms with E-state index in [4.69, 9.17) is 27.9 Å². The molecule has 0 aliphatic carbocycles. The molecule has 0 saturated carbocycles. The van der Waals surface area contributed by atoms with Gasteiger partial charge < -0.3 is 9.84 Å². The third-order valence-electron chi connectivity index (χ3n) is 3.67. The van der Waals surface area contributed by atoms with E-state index < -0.39 is 0 Å². The Kier molecular flexibility index (Phi) is 5.18. The maximum Gasteiger partial charge on any atom is 0.320 e. The highest BCUT2D eigenvalue weighted by atomic mass is 35.5. The molecule has 1 aromatic heterocycles. The zero-order valence-corrected chi connectivity index (χ0v) is 15.1. The summed E-state index contributed by atoms with van der Waals surface area (Å²) in [7, 11) is 1.49. The standard InChI is InChI=1S/C18H15Cl2N3O2/c1-10-7-12(4-6-14(10)19)16-21-17(23-18(22-16)25-2)13-8-11(9-24)3-5-15(13)20/h3-8,24H,9H2,1-2H3. The Balaban J connectivity index is 2.17. The maximum atomic E-state index is 9.36. The minimum atomic E-state index is -0.102. The minimum Gasteiger partial charge on any atom is -0.467 e. The lowest BCUT2D eigenvalue weighted by Crippen LogP contribution is -2.01. The van der Waals surface area contributed by atoms with Crippen molar-refractivity contribution < 1.29 is 9.84 Å². The van der Waals surface area contributed by atoms with Crippen molar-refractivity contribution in [2.24, 2.45) is 0 Å². The second-order valence-electron chi connectivity index (χ2n) is 5.41. The maximum absolute atomic E-state index is 9.36. The zero-order valence-electron chi connectivity index (χ0n) is 13.6. The molecule has 2 aromatic carbocycles. The summed E-state index contributed by atoms with van der Waals surface area (Å²) in [5.41, 5.74) is 3.02. The van der Waals surface area contributed by atoms with E-state index in [1.54, 1.807) is 24.3 Å². The lowest BCUT2D eigenvalue weighted by atomic mass is 10.1. The Labute approximate surface area is 155 Å². The highest BCUT2D eigenvalue weighted by molar-refractivity contribution is 6.33. The van der Waals surface area contributed by atoms with Gasteiger partial charge in [-0.25, -0.2) is 4.98 Å². The summed E-state index contributed by atoms with van der Waals surface area (Å²) in [4.78, 5) is 13.1. The van der Waals surface area contributed by atoms with Crippen molar-refractivity contribution in [3.05, 3.63) is 57.6 Å². The average Bonchev–Trinajstić information content (AvgIpc) is 2.64. The van der Waals surface area contributed by atoms with Crippen molar-refractivity contribution in [1.29, 1.82) is 0 Å². The van der Waals surface area contributed by atoms with Crippen LogP contribution in [0.3, 0.4) is 0 Å². The molecule has 5 nitrogen and oxygen atoms in total. The summed E-state index contributed by atoms with van der Waals surface area (Å²) >= 11 is 12.4. The first-order chi connectivity index (χ1) is 12.0. The molecular formula is C18H15Cl2N3O2. The van der Waals surface area contributed by atoms with Gasteiger partial charge in [0.05, 0.1) is 18.7 Å². The third-order valence-corrected chi connectivity index (χ3v) is 4.42. The second-order valence-corrected chi connectivity index (χ2v) is 6.22. The van der Waals surface area contributed by atoms with Gasteiger partial charge >= 0.3 is 6.01 Å². The first kappa shape index (κ1) is 17.6. The Bertz CT molecular complexity index is 932. The molecule has 0 fully saturated rings. The molecule has 3 rings (SSSR count). The van der Waals surface area contributed by atoms with E-state index in [1.165, 1.54) is 7.11 Å². The van der Waals surface area contributed by atoms with Gasteiger partial charge in [0.15, 0.2) is 11.6 Å². The molecule has 0 amide bonds. The number of ether oxygens (including phenoxy) is 1. The van der Waals surface area contributed by atoms with Crippen molar-refractivity contribution in [3.63, 3.8) is 0 Å². The molecular weight excluding hydrogens is 361 g/mol. The Morgan fingerprint density at radius 1 is 0.960 bits per heavy atom. The molecule has 0 aliphatic heterocycles. The smallest absolute Gasteiger partial charge is 0.320 e. The van der Waals surface area contributed by atoms with Crippen LogP contribution in [0, 0.1) is 6.92 Å². The number of rotatable bonds is 4. The van der Waals surface area contributed by atoms with Crippen LogP contribution in [0.2, 0.25) is 10.0 Å². The van der Waals surface area contributed by atoms with Crippen LogP contribution in [-0.4, -0.2) is 27.2 Å². The van der Waals surface area contributed by atoms with Crippen molar-refractivity contribution in [1.82, 2.24) is 15.0 Å². The molecule has 0 atom stereocenters. The fraction of sp³-hybridized carbons (Fsp3) is 0.167. The van der Waals surface area contributed by atoms with Crippen LogP contribution in [-0.2, 0) is 6.61 Å². The van der Waals surface area contributed by atoms with E-state index in [9.17, 15) is 5.11 Å². The largest absolute Gasteiger partial charge is 0.467 e. The van der Waals surface area contributed by atoms with Gasteiger partial charge in [0, 0.05) is 16.1 Å². The number of halogens is 2. The number of benzene rings is 2. The molecule has 3 aromatic rings. The minimum absolute atomic E-state index is 0.102. The molecule has 0 aliphatic rings. The van der Waals surface area contributed by atoms with Crippen LogP contribution in [0.1, 0.15) is 11.1 Å². The highest BCUT2D eigenvalue weighted by Crippen LogP contribution is 2.30. The number of aryl methyl sites for hydroxylation is 1. The molecule has 0 bridgehead atoms. The van der Waals surface area contributed by atoms with Crippen LogP contribution in [0.5, 0.6) is 6.01 Å². The number of aliphatic hydroxyl groups is 1. The summed E-state index contributed by atoms with van der Waals surface area (Å²) in [6.07, 6.45) is 0. The molecule has 0 unspecified atom stereocenters. The molecule has 0 saturated heterocycles. The molecule has 25 heavy (non-hydrogen) atoms. The molecule has 0 radical (unpaired) electrons. The third kappa shape index (κ3) is 3.74. The highest BCUT2D eigenvalue weighted by Gasteiger charge is 2.14. The monoisotopic (exact) mass is 375 g/mol. The fourth-order valence-electron chi connectivity index (χ4n) is 2.32. The van der Waals surface area contributed by atoms with Gasteiger partial charge in [0.25, 0.3) is 0 Å². The summed E-state index contributed by atoms with van der Waals surface area (Å²) in [5, 5.41) is 10.5. The van der Waals surface area contributed by atoms with Gasteiger partial charge in [0.2, 0.25) is 0 Å². The summed E-state index contributed by atoms with van der Waals surface area (Å²) in [5.74, 6) is 0.821. The van der Waals surface area contributed by atoms with Crippen LogP contribution in [0.4, 0.5) is 0 Å². The Hall–Kier alpha value is -2.21. The van der Waals surface area contributed by atoms with Crippen molar-refractivity contribution in [2.45, 2.75) is 13.5 Å². The lowest BCUT2D eigenvalue weighted by Gasteiger charge is -2.09. The summed E-state index contributed by atoms with van der Waals surface area (Å²) in [6, 6.07) is 10.9. The van der Waals surface area contributed by atoms with Gasteiger partial charge in [0.1, 0.15) is 0 Å². The van der Waals surface area contributed by atoms with Gasteiger partial charge in [-0.15, -0.1) is 0 Å². The van der Waals surface area contributed by atoms with E-state index in [2.05, 4.69) is 15.0 Å². The number of nitrogens with zero attached hydrogens (tertiary/aromatic N) is 3. The number of hydrogen-bond acceptors (Lipinski definition) is 5. The second kappa shape index (κ2) is 7.35.